The second-order valence-corrected chi connectivity index (χ2v) is 3.53. The lowest BCUT2D eigenvalue weighted by Gasteiger charge is -2.04. The van der Waals surface area contributed by atoms with Gasteiger partial charge in [0.25, 0.3) is 0 Å². The number of rotatable bonds is 6. The van der Waals surface area contributed by atoms with Gasteiger partial charge in [0.05, 0.1) is 13.2 Å². The van der Waals surface area contributed by atoms with Crippen molar-refractivity contribution in [2.45, 2.75) is 6.92 Å². The molecule has 1 rings (SSSR count). The molecule has 1 aromatic carbocycles. The smallest absolute Gasteiger partial charge is 0.348 e. The zero-order valence-corrected chi connectivity index (χ0v) is 10.6. The summed E-state index contributed by atoms with van der Waals surface area (Å²) < 4.78 is 9.96. The van der Waals surface area contributed by atoms with Crippen LogP contribution < -0.4 is 4.74 Å². The summed E-state index contributed by atoms with van der Waals surface area (Å²) in [7, 11) is 0. The molecule has 0 amide bonds. The third-order valence-corrected chi connectivity index (χ3v) is 2.17. The molecule has 5 nitrogen and oxygen atoms in total. The van der Waals surface area contributed by atoms with E-state index >= 15 is 0 Å². The normalized spacial score (nSPS) is 10.7. The van der Waals surface area contributed by atoms with E-state index in [4.69, 9.17) is 19.8 Å². The molecule has 5 heteroatoms. The van der Waals surface area contributed by atoms with E-state index < -0.39 is 5.97 Å². The van der Waals surface area contributed by atoms with Gasteiger partial charge in [-0.2, -0.15) is 5.26 Å². The summed E-state index contributed by atoms with van der Waals surface area (Å²) in [6.45, 7) is 2.08. The number of carbonyl (C=O) groups is 1. The highest BCUT2D eigenvalue weighted by Gasteiger charge is 2.09. The Kier molecular flexibility index (Phi) is 6.13. The monoisotopic (exact) mass is 261 g/mol. The first kappa shape index (κ1) is 14.7. The molecule has 0 radical (unpaired) electrons. The van der Waals surface area contributed by atoms with E-state index in [1.54, 1.807) is 37.3 Å². The average Bonchev–Trinajstić information content (AvgIpc) is 2.44. The fourth-order valence-electron chi connectivity index (χ4n) is 1.34. The molecule has 100 valence electrons. The summed E-state index contributed by atoms with van der Waals surface area (Å²) in [5, 5.41) is 17.5. The topological polar surface area (TPSA) is 79.6 Å². The van der Waals surface area contributed by atoms with Gasteiger partial charge in [-0.05, 0) is 30.7 Å². The number of benzene rings is 1. The van der Waals surface area contributed by atoms with Crippen molar-refractivity contribution in [2.75, 3.05) is 19.8 Å². The Balaban J connectivity index is 2.80. The second-order valence-electron chi connectivity index (χ2n) is 3.53. The van der Waals surface area contributed by atoms with Gasteiger partial charge in [-0.25, -0.2) is 4.79 Å². The van der Waals surface area contributed by atoms with Gasteiger partial charge in [-0.15, -0.1) is 0 Å². The van der Waals surface area contributed by atoms with Crippen LogP contribution in [-0.4, -0.2) is 30.9 Å². The number of aliphatic hydroxyl groups is 1. The van der Waals surface area contributed by atoms with Crippen molar-refractivity contribution >= 4 is 12.0 Å². The van der Waals surface area contributed by atoms with Crippen LogP contribution in [0.5, 0.6) is 5.75 Å². The fraction of sp³-hybridized carbons (Fsp3) is 0.286. The lowest BCUT2D eigenvalue weighted by Crippen LogP contribution is -2.06. The molecule has 0 aliphatic rings. The first-order valence-electron chi connectivity index (χ1n) is 5.84. The van der Waals surface area contributed by atoms with Crippen molar-refractivity contribution in [3.8, 4) is 11.8 Å². The Morgan fingerprint density at radius 3 is 2.63 bits per heavy atom. The van der Waals surface area contributed by atoms with Crippen LogP contribution >= 0.6 is 0 Å². The Morgan fingerprint density at radius 2 is 2.11 bits per heavy atom. The standard InChI is InChI=1S/C14H15NO4/c1-2-18-14(17)12(10-15)9-11-3-5-13(6-4-11)19-8-7-16/h3-6,9,16H,2,7-8H2,1H3. The molecule has 0 saturated carbocycles. The lowest BCUT2D eigenvalue weighted by molar-refractivity contribution is -0.137. The van der Waals surface area contributed by atoms with E-state index in [-0.39, 0.29) is 25.4 Å². The molecule has 1 N–H and O–H groups in total. The van der Waals surface area contributed by atoms with Crippen LogP contribution in [0.4, 0.5) is 0 Å². The van der Waals surface area contributed by atoms with Gasteiger partial charge in [-0.1, -0.05) is 12.1 Å². The molecule has 0 unspecified atom stereocenters. The van der Waals surface area contributed by atoms with Crippen LogP contribution in [0, 0.1) is 11.3 Å². The first-order chi connectivity index (χ1) is 9.21. The molecule has 1 aromatic rings. The minimum Gasteiger partial charge on any atom is -0.491 e. The molecule has 0 aromatic heterocycles. The third-order valence-electron chi connectivity index (χ3n) is 2.17. The molecular formula is C14H15NO4. The maximum atomic E-state index is 11.4. The van der Waals surface area contributed by atoms with E-state index in [1.807, 2.05) is 0 Å². The Bertz CT molecular complexity index is 485. The van der Waals surface area contributed by atoms with Crippen molar-refractivity contribution in [1.29, 1.82) is 5.26 Å². The largest absolute Gasteiger partial charge is 0.491 e. The highest BCUT2D eigenvalue weighted by molar-refractivity contribution is 5.97. The number of carbonyl (C=O) groups excluding carboxylic acids is 1. The fourth-order valence-corrected chi connectivity index (χ4v) is 1.34. The molecule has 0 bridgehead atoms. The second kappa shape index (κ2) is 7.90. The van der Waals surface area contributed by atoms with Crippen LogP contribution in [0.2, 0.25) is 0 Å². The SMILES string of the molecule is CCOC(=O)C(C#N)=Cc1ccc(OCCO)cc1. The lowest BCUT2D eigenvalue weighted by atomic mass is 10.1. The van der Waals surface area contributed by atoms with Crippen LogP contribution in [0.1, 0.15) is 12.5 Å². The molecule has 0 aliphatic carbocycles. The maximum Gasteiger partial charge on any atom is 0.348 e. The van der Waals surface area contributed by atoms with E-state index in [0.717, 1.165) is 0 Å². The van der Waals surface area contributed by atoms with Crippen molar-refractivity contribution < 1.29 is 19.4 Å². The Morgan fingerprint density at radius 1 is 1.42 bits per heavy atom. The number of nitrogens with zero attached hydrogens (tertiary/aromatic N) is 1. The molecule has 0 heterocycles. The van der Waals surface area contributed by atoms with Gasteiger partial charge in [-0.3, -0.25) is 0 Å². The first-order valence-corrected chi connectivity index (χ1v) is 5.84. The van der Waals surface area contributed by atoms with Crippen molar-refractivity contribution in [2.24, 2.45) is 0 Å². The molecule has 0 spiro atoms. The molecule has 0 aliphatic heterocycles. The predicted octanol–water partition coefficient (Wildman–Crippen LogP) is 1.53. The summed E-state index contributed by atoms with van der Waals surface area (Å²) in [6.07, 6.45) is 1.45. The summed E-state index contributed by atoms with van der Waals surface area (Å²) in [5.74, 6) is -0.0218. The molecular weight excluding hydrogens is 246 g/mol. The number of nitriles is 1. The number of hydrogen-bond acceptors (Lipinski definition) is 5. The maximum absolute atomic E-state index is 11.4. The summed E-state index contributed by atoms with van der Waals surface area (Å²) in [6, 6.07) is 8.62. The van der Waals surface area contributed by atoms with Crippen LogP contribution in [-0.2, 0) is 9.53 Å². The van der Waals surface area contributed by atoms with E-state index in [9.17, 15) is 4.79 Å². The minimum atomic E-state index is -0.634. The highest BCUT2D eigenvalue weighted by Crippen LogP contribution is 2.14. The minimum absolute atomic E-state index is 0.0501. The van der Waals surface area contributed by atoms with Gasteiger partial charge in [0.1, 0.15) is 24.0 Å². The number of aliphatic hydroxyl groups excluding tert-OH is 1. The highest BCUT2D eigenvalue weighted by atomic mass is 16.5. The van der Waals surface area contributed by atoms with Gasteiger partial charge in [0.15, 0.2) is 0 Å². The Labute approximate surface area is 111 Å². The van der Waals surface area contributed by atoms with E-state index in [0.29, 0.717) is 11.3 Å². The van der Waals surface area contributed by atoms with Gasteiger partial charge < -0.3 is 14.6 Å². The summed E-state index contributed by atoms with van der Waals surface area (Å²) in [5.41, 5.74) is 0.645. The van der Waals surface area contributed by atoms with Crippen molar-refractivity contribution in [1.82, 2.24) is 0 Å². The van der Waals surface area contributed by atoms with Gasteiger partial charge >= 0.3 is 5.97 Å². The quantitative estimate of drug-likeness (QED) is 0.477. The van der Waals surface area contributed by atoms with E-state index in [1.165, 1.54) is 6.08 Å². The zero-order chi connectivity index (χ0) is 14.1. The molecule has 0 saturated heterocycles. The van der Waals surface area contributed by atoms with E-state index in [2.05, 4.69) is 0 Å². The van der Waals surface area contributed by atoms with Crippen LogP contribution in [0.25, 0.3) is 6.08 Å². The number of hydrogen-bond donors (Lipinski definition) is 1. The third kappa shape index (κ3) is 4.82. The van der Waals surface area contributed by atoms with Gasteiger partial charge in [0.2, 0.25) is 0 Å². The van der Waals surface area contributed by atoms with Crippen LogP contribution in [0.3, 0.4) is 0 Å². The summed E-state index contributed by atoms with van der Waals surface area (Å²) in [4.78, 5) is 11.4. The molecule has 19 heavy (non-hydrogen) atoms. The average molecular weight is 261 g/mol. The molecule has 0 fully saturated rings. The Hall–Kier alpha value is -2.32. The molecule has 0 atom stereocenters. The van der Waals surface area contributed by atoms with Gasteiger partial charge in [0, 0.05) is 0 Å². The summed E-state index contributed by atoms with van der Waals surface area (Å²) >= 11 is 0. The van der Waals surface area contributed by atoms with Crippen LogP contribution in [0.15, 0.2) is 29.8 Å². The van der Waals surface area contributed by atoms with Crippen molar-refractivity contribution in [3.63, 3.8) is 0 Å². The zero-order valence-electron chi connectivity index (χ0n) is 10.6. The number of esters is 1. The van der Waals surface area contributed by atoms with Crippen molar-refractivity contribution in [3.05, 3.63) is 35.4 Å². The number of ether oxygens (including phenoxy) is 2. The predicted molar refractivity (Wildman–Crippen MR) is 69.2 cm³/mol.